The Balaban J connectivity index is 0.000000494. The van der Waals surface area contributed by atoms with Crippen molar-refractivity contribution in [2.75, 3.05) is 26.2 Å². The molecule has 4 nitrogen and oxygen atoms in total. The second-order valence-electron chi connectivity index (χ2n) is 8.02. The normalized spacial score (nSPS) is 16.9. The highest BCUT2D eigenvalue weighted by Crippen LogP contribution is 2.24. The van der Waals surface area contributed by atoms with Gasteiger partial charge in [0.05, 0.1) is 19.6 Å². The van der Waals surface area contributed by atoms with E-state index in [1.807, 2.05) is 46.8 Å². The van der Waals surface area contributed by atoms with E-state index in [4.69, 9.17) is 0 Å². The van der Waals surface area contributed by atoms with Crippen LogP contribution >= 0.6 is 0 Å². The van der Waals surface area contributed by atoms with Crippen LogP contribution in [-0.2, 0) is 4.79 Å². The van der Waals surface area contributed by atoms with Crippen LogP contribution in [0, 0.1) is 20.8 Å². The summed E-state index contributed by atoms with van der Waals surface area (Å²) in [7, 11) is 0. The minimum atomic E-state index is -2.61. The summed E-state index contributed by atoms with van der Waals surface area (Å²) in [5, 5.41) is 0. The Kier molecular flexibility index (Phi) is 15.4. The Morgan fingerprint density at radius 2 is 1.26 bits per heavy atom. The van der Waals surface area contributed by atoms with Gasteiger partial charge in [0.25, 0.3) is 11.8 Å². The summed E-state index contributed by atoms with van der Waals surface area (Å²) < 4.78 is 36.5. The third-order valence-electron chi connectivity index (χ3n) is 4.95. The lowest BCUT2D eigenvalue weighted by Gasteiger charge is -2.35. The van der Waals surface area contributed by atoms with E-state index in [9.17, 15) is 22.8 Å². The molecule has 2 aromatic rings. The molecule has 2 saturated heterocycles. The van der Waals surface area contributed by atoms with Crippen molar-refractivity contribution in [1.82, 2.24) is 9.80 Å². The highest BCUT2D eigenvalue weighted by molar-refractivity contribution is 5.94. The summed E-state index contributed by atoms with van der Waals surface area (Å²) in [5.74, 6) is -2.67. The van der Waals surface area contributed by atoms with Gasteiger partial charge in [-0.25, -0.2) is 13.2 Å². The van der Waals surface area contributed by atoms with Crippen molar-refractivity contribution in [3.8, 4) is 0 Å². The fourth-order valence-electron chi connectivity index (χ4n) is 3.04. The van der Waals surface area contributed by atoms with Gasteiger partial charge in [-0.1, -0.05) is 80.8 Å². The number of amides is 2. The summed E-state index contributed by atoms with van der Waals surface area (Å²) in [6, 6.07) is 15.9. The van der Waals surface area contributed by atoms with Crippen LogP contribution in [0.4, 0.5) is 13.2 Å². The predicted molar refractivity (Wildman–Crippen MR) is 138 cm³/mol. The van der Waals surface area contributed by atoms with Gasteiger partial charge < -0.3 is 9.80 Å². The average Bonchev–Trinajstić information content (AvgIpc) is 3.29. The van der Waals surface area contributed by atoms with Crippen LogP contribution in [0.5, 0.6) is 0 Å². The first-order chi connectivity index (χ1) is 16.6. The number of benzene rings is 2. The topological polar surface area (TPSA) is 40.6 Å². The molecule has 2 heterocycles. The van der Waals surface area contributed by atoms with E-state index in [0.717, 1.165) is 10.5 Å². The molecule has 2 amide bonds. The average molecular weight is 495 g/mol. The molecule has 0 aromatic heterocycles. The third kappa shape index (κ3) is 12.4. The van der Waals surface area contributed by atoms with E-state index in [-0.39, 0.29) is 12.5 Å². The van der Waals surface area contributed by atoms with Crippen LogP contribution in [0.1, 0.15) is 61.2 Å². The molecule has 196 valence electrons. The Bertz CT molecular complexity index is 827. The van der Waals surface area contributed by atoms with Crippen molar-refractivity contribution in [2.45, 2.75) is 67.0 Å². The number of halogens is 3. The molecular formula is C28H41F3N2O2. The van der Waals surface area contributed by atoms with Gasteiger partial charge in [-0.3, -0.25) is 9.59 Å². The Morgan fingerprint density at radius 3 is 1.54 bits per heavy atom. The van der Waals surface area contributed by atoms with Gasteiger partial charge in [0, 0.05) is 12.1 Å². The first-order valence-corrected chi connectivity index (χ1v) is 12.2. The fraction of sp³-hybridized carbons (Fsp3) is 0.500. The van der Waals surface area contributed by atoms with Crippen molar-refractivity contribution >= 4 is 12.3 Å². The minimum Gasteiger partial charge on any atom is -0.336 e. The highest BCUT2D eigenvalue weighted by atomic mass is 19.3. The molecular weight excluding hydrogens is 453 g/mol. The van der Waals surface area contributed by atoms with Crippen molar-refractivity contribution < 1.29 is 22.8 Å². The SMILES string of the molecule is CC.CC.Cc1ccc(C(=O)N2CCC(F)C2)cc1.Cc1ccc(C)cc1.O=CN1CC(F)(F)C1. The molecule has 0 N–H and O–H groups in total. The van der Waals surface area contributed by atoms with E-state index in [2.05, 4.69) is 38.1 Å². The maximum absolute atomic E-state index is 12.9. The van der Waals surface area contributed by atoms with E-state index < -0.39 is 25.2 Å². The quantitative estimate of drug-likeness (QED) is 0.440. The Labute approximate surface area is 209 Å². The molecule has 0 aliphatic carbocycles. The Hall–Kier alpha value is -2.83. The number of rotatable bonds is 2. The van der Waals surface area contributed by atoms with Crippen molar-refractivity contribution in [3.05, 3.63) is 70.8 Å². The third-order valence-corrected chi connectivity index (χ3v) is 4.95. The molecule has 1 unspecified atom stereocenters. The summed E-state index contributed by atoms with van der Waals surface area (Å²) in [6.45, 7) is 14.1. The van der Waals surface area contributed by atoms with Gasteiger partial charge in [0.1, 0.15) is 6.17 Å². The molecule has 2 fully saturated rings. The molecule has 35 heavy (non-hydrogen) atoms. The fourth-order valence-corrected chi connectivity index (χ4v) is 3.04. The maximum atomic E-state index is 12.9. The number of likely N-dealkylation sites (tertiary alicyclic amines) is 2. The first-order valence-electron chi connectivity index (χ1n) is 12.2. The summed E-state index contributed by atoms with van der Waals surface area (Å²) in [5.41, 5.74) is 4.43. The molecule has 0 spiro atoms. The molecule has 2 aliphatic rings. The number of aryl methyl sites for hydroxylation is 3. The molecule has 0 bridgehead atoms. The number of hydrogen-bond acceptors (Lipinski definition) is 2. The molecule has 1 atom stereocenters. The van der Waals surface area contributed by atoms with Gasteiger partial charge in [0.15, 0.2) is 0 Å². The molecule has 4 rings (SSSR count). The minimum absolute atomic E-state index is 0.0600. The number of hydrogen-bond donors (Lipinski definition) is 0. The number of alkyl halides is 3. The molecule has 0 radical (unpaired) electrons. The van der Waals surface area contributed by atoms with Gasteiger partial charge in [0.2, 0.25) is 6.41 Å². The zero-order valence-corrected chi connectivity index (χ0v) is 22.2. The van der Waals surface area contributed by atoms with E-state index in [1.54, 1.807) is 17.0 Å². The number of carbonyl (C=O) groups is 2. The summed E-state index contributed by atoms with van der Waals surface area (Å²) in [6.07, 6.45) is 0.0500. The molecule has 2 aromatic carbocycles. The highest BCUT2D eigenvalue weighted by Gasteiger charge is 2.43. The molecule has 2 aliphatic heterocycles. The smallest absolute Gasteiger partial charge is 0.282 e. The molecule has 7 heteroatoms. The van der Waals surface area contributed by atoms with Crippen LogP contribution < -0.4 is 0 Å². The monoisotopic (exact) mass is 494 g/mol. The maximum Gasteiger partial charge on any atom is 0.282 e. The van der Waals surface area contributed by atoms with Gasteiger partial charge in [-0.15, -0.1) is 0 Å². The van der Waals surface area contributed by atoms with Crippen molar-refractivity contribution in [2.24, 2.45) is 0 Å². The van der Waals surface area contributed by atoms with Crippen LogP contribution in [0.3, 0.4) is 0 Å². The standard InChI is InChI=1S/C12H14FNO.C8H10.C4H5F2NO.2C2H6/c1-9-2-4-10(5-3-9)12(15)14-7-6-11(13)8-14;1-7-3-5-8(2)6-4-7;5-4(6)1-7(2-4)3-8;2*1-2/h2-5,11H,6-8H2,1H3;3-6H,1-2H3;3H,1-2H2;2*1-2H3. The predicted octanol–water partition coefficient (Wildman–Crippen LogP) is 6.63. The van der Waals surface area contributed by atoms with Crippen LogP contribution in [-0.4, -0.2) is 60.4 Å². The lowest BCUT2D eigenvalue weighted by atomic mass is 10.1. The summed E-state index contributed by atoms with van der Waals surface area (Å²) >= 11 is 0. The largest absolute Gasteiger partial charge is 0.336 e. The summed E-state index contributed by atoms with van der Waals surface area (Å²) in [4.78, 5) is 24.1. The lowest BCUT2D eigenvalue weighted by molar-refractivity contribution is -0.153. The zero-order chi connectivity index (χ0) is 27.0. The van der Waals surface area contributed by atoms with Crippen LogP contribution in [0.25, 0.3) is 0 Å². The van der Waals surface area contributed by atoms with Crippen molar-refractivity contribution in [1.29, 1.82) is 0 Å². The number of carbonyl (C=O) groups excluding carboxylic acids is 2. The Morgan fingerprint density at radius 1 is 0.857 bits per heavy atom. The van der Waals surface area contributed by atoms with Crippen molar-refractivity contribution in [3.63, 3.8) is 0 Å². The van der Waals surface area contributed by atoms with E-state index in [1.165, 1.54) is 11.1 Å². The number of nitrogens with zero attached hydrogens (tertiary/aromatic N) is 2. The van der Waals surface area contributed by atoms with Gasteiger partial charge in [-0.2, -0.15) is 0 Å². The second-order valence-corrected chi connectivity index (χ2v) is 8.02. The first kappa shape index (κ1) is 32.2. The van der Waals surface area contributed by atoms with Gasteiger partial charge in [-0.05, 0) is 39.3 Å². The van der Waals surface area contributed by atoms with Crippen LogP contribution in [0.2, 0.25) is 0 Å². The molecule has 0 saturated carbocycles. The zero-order valence-electron chi connectivity index (χ0n) is 22.2. The lowest BCUT2D eigenvalue weighted by Crippen LogP contribution is -2.55. The van der Waals surface area contributed by atoms with Crippen LogP contribution in [0.15, 0.2) is 48.5 Å². The van der Waals surface area contributed by atoms with E-state index in [0.29, 0.717) is 24.9 Å². The van der Waals surface area contributed by atoms with Gasteiger partial charge >= 0.3 is 0 Å². The van der Waals surface area contributed by atoms with E-state index >= 15 is 0 Å². The second kappa shape index (κ2) is 16.7.